The van der Waals surface area contributed by atoms with Crippen molar-refractivity contribution >= 4 is 55.2 Å². The van der Waals surface area contributed by atoms with Gasteiger partial charge in [-0.3, -0.25) is 4.79 Å². The van der Waals surface area contributed by atoms with Crippen LogP contribution in [0.25, 0.3) is 6.08 Å². The maximum atomic E-state index is 12.1. The van der Waals surface area contributed by atoms with Crippen molar-refractivity contribution in [3.05, 3.63) is 56.7 Å². The minimum Gasteiger partial charge on any atom is -0.449 e. The van der Waals surface area contributed by atoms with E-state index < -0.39 is 0 Å². The van der Waals surface area contributed by atoms with Gasteiger partial charge in [-0.2, -0.15) is 0 Å². The number of fused-ring (bicyclic) bond motifs is 1. The Balaban J connectivity index is 1.98. The SMILES string of the molecule is Nc1ccc2c(c1)NC(=O)/C(=C/c1cc(Br)cc(Br)c1)O2. The van der Waals surface area contributed by atoms with E-state index in [1.54, 1.807) is 24.3 Å². The average Bonchev–Trinajstić information content (AvgIpc) is 2.38. The molecular weight excluding hydrogens is 400 g/mol. The molecule has 6 heteroatoms. The number of benzene rings is 2. The molecule has 106 valence electrons. The molecule has 4 nitrogen and oxygen atoms in total. The van der Waals surface area contributed by atoms with Gasteiger partial charge in [0, 0.05) is 14.6 Å². The zero-order valence-electron chi connectivity index (χ0n) is 10.7. The molecule has 21 heavy (non-hydrogen) atoms. The molecule has 1 heterocycles. The largest absolute Gasteiger partial charge is 0.449 e. The van der Waals surface area contributed by atoms with Crippen molar-refractivity contribution in [2.24, 2.45) is 0 Å². The van der Waals surface area contributed by atoms with Crippen LogP contribution in [-0.2, 0) is 4.79 Å². The van der Waals surface area contributed by atoms with Gasteiger partial charge < -0.3 is 15.8 Å². The third kappa shape index (κ3) is 3.11. The molecule has 0 unspecified atom stereocenters. The van der Waals surface area contributed by atoms with Gasteiger partial charge in [0.05, 0.1) is 5.69 Å². The third-order valence-corrected chi connectivity index (χ3v) is 3.79. The quantitative estimate of drug-likeness (QED) is 0.548. The van der Waals surface area contributed by atoms with E-state index in [1.807, 2.05) is 18.2 Å². The van der Waals surface area contributed by atoms with Crippen molar-refractivity contribution in [1.29, 1.82) is 0 Å². The monoisotopic (exact) mass is 408 g/mol. The van der Waals surface area contributed by atoms with Crippen LogP contribution in [0, 0.1) is 0 Å². The summed E-state index contributed by atoms with van der Waals surface area (Å²) in [6, 6.07) is 10.8. The number of halogens is 2. The van der Waals surface area contributed by atoms with Crippen LogP contribution in [0.4, 0.5) is 11.4 Å². The summed E-state index contributed by atoms with van der Waals surface area (Å²) in [7, 11) is 0. The van der Waals surface area contributed by atoms with Crippen molar-refractivity contribution in [2.45, 2.75) is 0 Å². The van der Waals surface area contributed by atoms with Crippen LogP contribution < -0.4 is 15.8 Å². The Morgan fingerprint density at radius 3 is 2.52 bits per heavy atom. The van der Waals surface area contributed by atoms with E-state index in [0.717, 1.165) is 14.5 Å². The number of hydrogen-bond acceptors (Lipinski definition) is 3. The van der Waals surface area contributed by atoms with Crippen molar-refractivity contribution in [1.82, 2.24) is 0 Å². The van der Waals surface area contributed by atoms with Crippen LogP contribution in [0.5, 0.6) is 5.75 Å². The lowest BCUT2D eigenvalue weighted by Crippen LogP contribution is -2.23. The number of carbonyl (C=O) groups is 1. The highest BCUT2D eigenvalue weighted by molar-refractivity contribution is 9.11. The summed E-state index contributed by atoms with van der Waals surface area (Å²) in [5.41, 5.74) is 7.68. The lowest BCUT2D eigenvalue weighted by molar-refractivity contribution is -0.115. The van der Waals surface area contributed by atoms with Crippen LogP contribution >= 0.6 is 31.9 Å². The predicted molar refractivity (Wildman–Crippen MR) is 89.9 cm³/mol. The van der Waals surface area contributed by atoms with E-state index in [9.17, 15) is 4.79 Å². The van der Waals surface area contributed by atoms with Crippen LogP contribution in [0.1, 0.15) is 5.56 Å². The zero-order chi connectivity index (χ0) is 15.0. The van der Waals surface area contributed by atoms with Gasteiger partial charge >= 0.3 is 0 Å². The highest BCUT2D eigenvalue weighted by Crippen LogP contribution is 2.33. The lowest BCUT2D eigenvalue weighted by Gasteiger charge is -2.20. The van der Waals surface area contributed by atoms with E-state index in [2.05, 4.69) is 37.2 Å². The van der Waals surface area contributed by atoms with Gasteiger partial charge in [0.15, 0.2) is 11.5 Å². The molecule has 3 N–H and O–H groups in total. The Bertz CT molecular complexity index is 752. The Kier molecular flexibility index (Phi) is 3.73. The fraction of sp³-hybridized carbons (Fsp3) is 0. The third-order valence-electron chi connectivity index (χ3n) is 2.88. The first-order chi connectivity index (χ1) is 10.0. The maximum absolute atomic E-state index is 12.1. The number of ether oxygens (including phenoxy) is 1. The highest BCUT2D eigenvalue weighted by Gasteiger charge is 2.22. The minimum absolute atomic E-state index is 0.234. The summed E-state index contributed by atoms with van der Waals surface area (Å²) in [6.45, 7) is 0. The molecule has 1 aliphatic rings. The van der Waals surface area contributed by atoms with Crippen molar-refractivity contribution < 1.29 is 9.53 Å². The molecule has 2 aromatic rings. The van der Waals surface area contributed by atoms with Gasteiger partial charge in [-0.25, -0.2) is 0 Å². The van der Waals surface area contributed by atoms with Crippen LogP contribution in [-0.4, -0.2) is 5.91 Å². The molecule has 3 rings (SSSR count). The van der Waals surface area contributed by atoms with Gasteiger partial charge in [0.25, 0.3) is 5.91 Å². The first-order valence-electron chi connectivity index (χ1n) is 6.08. The summed E-state index contributed by atoms with van der Waals surface area (Å²) in [5.74, 6) is 0.505. The Morgan fingerprint density at radius 2 is 1.81 bits per heavy atom. The van der Waals surface area contributed by atoms with Gasteiger partial charge in [-0.15, -0.1) is 0 Å². The van der Waals surface area contributed by atoms with Gasteiger partial charge in [-0.1, -0.05) is 31.9 Å². The van der Waals surface area contributed by atoms with E-state index in [1.165, 1.54) is 0 Å². The average molecular weight is 410 g/mol. The van der Waals surface area contributed by atoms with Gasteiger partial charge in [0.2, 0.25) is 0 Å². The van der Waals surface area contributed by atoms with Gasteiger partial charge in [-0.05, 0) is 48.0 Å². The number of nitrogens with one attached hydrogen (secondary N) is 1. The normalized spacial score (nSPS) is 15.3. The van der Waals surface area contributed by atoms with E-state index in [4.69, 9.17) is 10.5 Å². The molecule has 0 atom stereocenters. The first-order valence-corrected chi connectivity index (χ1v) is 7.66. The molecule has 0 fully saturated rings. The fourth-order valence-corrected chi connectivity index (χ4v) is 3.32. The number of carbonyl (C=O) groups excluding carboxylic acids is 1. The number of hydrogen-bond donors (Lipinski definition) is 2. The number of nitrogen functional groups attached to an aromatic ring is 1. The second-order valence-corrected chi connectivity index (χ2v) is 6.35. The van der Waals surface area contributed by atoms with E-state index >= 15 is 0 Å². The highest BCUT2D eigenvalue weighted by atomic mass is 79.9. The summed E-state index contributed by atoms with van der Waals surface area (Å²) < 4.78 is 7.47. The molecule has 0 saturated heterocycles. The molecule has 0 aromatic heterocycles. The molecule has 0 saturated carbocycles. The van der Waals surface area contributed by atoms with Crippen molar-refractivity contribution in [3.63, 3.8) is 0 Å². The molecule has 0 bridgehead atoms. The predicted octanol–water partition coefficient (Wildman–Crippen LogP) is 4.17. The lowest BCUT2D eigenvalue weighted by atomic mass is 10.1. The van der Waals surface area contributed by atoms with Crippen molar-refractivity contribution in [2.75, 3.05) is 11.1 Å². The Hall–Kier alpha value is -1.79. The second kappa shape index (κ2) is 5.54. The van der Waals surface area contributed by atoms with Crippen molar-refractivity contribution in [3.8, 4) is 5.75 Å². The molecular formula is C15H10Br2N2O2. The second-order valence-electron chi connectivity index (χ2n) is 4.52. The number of anilines is 2. The molecule has 0 spiro atoms. The smallest absolute Gasteiger partial charge is 0.291 e. The van der Waals surface area contributed by atoms with Crippen LogP contribution in [0.3, 0.4) is 0 Å². The van der Waals surface area contributed by atoms with Crippen LogP contribution in [0.2, 0.25) is 0 Å². The summed E-state index contributed by atoms with van der Waals surface area (Å²) in [4.78, 5) is 12.1. The minimum atomic E-state index is -0.302. The Morgan fingerprint density at radius 1 is 1.10 bits per heavy atom. The maximum Gasteiger partial charge on any atom is 0.291 e. The Labute approximate surface area is 138 Å². The van der Waals surface area contributed by atoms with Gasteiger partial charge in [0.1, 0.15) is 0 Å². The van der Waals surface area contributed by atoms with E-state index in [-0.39, 0.29) is 11.7 Å². The number of nitrogens with two attached hydrogens (primary N) is 1. The molecule has 1 aliphatic heterocycles. The molecule has 2 aromatic carbocycles. The molecule has 1 amide bonds. The fourth-order valence-electron chi connectivity index (χ4n) is 1.99. The summed E-state index contributed by atoms with van der Waals surface area (Å²) in [5, 5.41) is 2.76. The summed E-state index contributed by atoms with van der Waals surface area (Å²) >= 11 is 6.82. The topological polar surface area (TPSA) is 64.3 Å². The zero-order valence-corrected chi connectivity index (χ0v) is 13.9. The first kappa shape index (κ1) is 14.2. The summed E-state index contributed by atoms with van der Waals surface area (Å²) in [6.07, 6.45) is 1.68. The standard InChI is InChI=1S/C15H10Br2N2O2/c16-9-3-8(4-10(17)6-9)5-14-15(20)19-12-7-11(18)1-2-13(12)21-14/h1-7H,18H2,(H,19,20)/b14-5-. The molecule has 0 radical (unpaired) electrons. The molecule has 0 aliphatic carbocycles. The number of amides is 1. The van der Waals surface area contributed by atoms with E-state index in [0.29, 0.717) is 17.1 Å². The number of rotatable bonds is 1. The van der Waals surface area contributed by atoms with Crippen LogP contribution in [0.15, 0.2) is 51.1 Å².